The van der Waals surface area contributed by atoms with Crippen molar-refractivity contribution < 1.29 is 19.8 Å². The zero-order chi connectivity index (χ0) is 14.6. The quantitative estimate of drug-likeness (QED) is 0.693. The summed E-state index contributed by atoms with van der Waals surface area (Å²) in [5, 5.41) is 20.5. The first kappa shape index (κ1) is 14.9. The number of nitrogens with one attached hydrogen (secondary N) is 1. The molecule has 0 atom stereocenters. The molecule has 1 aromatic rings. The molecule has 6 heteroatoms. The van der Waals surface area contributed by atoms with E-state index in [9.17, 15) is 14.7 Å². The Kier molecular flexibility index (Phi) is 4.67. The van der Waals surface area contributed by atoms with Gasteiger partial charge in [-0.1, -0.05) is 0 Å². The average molecular weight is 295 g/mol. The van der Waals surface area contributed by atoms with Crippen molar-refractivity contribution in [3.05, 3.63) is 29.8 Å². The number of aliphatic hydroxyl groups is 1. The van der Waals surface area contributed by atoms with Crippen LogP contribution in [0.1, 0.15) is 29.6 Å². The lowest BCUT2D eigenvalue weighted by Gasteiger charge is -2.38. The van der Waals surface area contributed by atoms with E-state index < -0.39 is 11.5 Å². The van der Waals surface area contributed by atoms with E-state index in [1.54, 1.807) is 24.3 Å². The van der Waals surface area contributed by atoms with E-state index in [4.69, 9.17) is 5.11 Å². The van der Waals surface area contributed by atoms with Crippen molar-refractivity contribution in [2.75, 3.05) is 12.4 Å². The lowest BCUT2D eigenvalue weighted by molar-refractivity contribution is -0.148. The van der Waals surface area contributed by atoms with Crippen LogP contribution in [0.4, 0.5) is 0 Å². The fourth-order valence-electron chi connectivity index (χ4n) is 2.08. The van der Waals surface area contributed by atoms with Gasteiger partial charge in [0.15, 0.2) is 0 Å². The molecule has 0 radical (unpaired) electrons. The number of amides is 1. The fraction of sp³-hybridized carbons (Fsp3) is 0.429. The summed E-state index contributed by atoms with van der Waals surface area (Å²) in [5.74, 6) is -0.716. The molecule has 0 aromatic heterocycles. The van der Waals surface area contributed by atoms with Gasteiger partial charge in [-0.3, -0.25) is 4.79 Å². The molecule has 0 spiro atoms. The maximum atomic E-state index is 12.1. The molecule has 0 heterocycles. The second-order valence-electron chi connectivity index (χ2n) is 4.79. The lowest BCUT2D eigenvalue weighted by atomic mass is 9.76. The average Bonchev–Trinajstić information content (AvgIpc) is 2.40. The van der Waals surface area contributed by atoms with Crippen molar-refractivity contribution in [2.24, 2.45) is 0 Å². The van der Waals surface area contributed by atoms with Crippen molar-refractivity contribution in [3.63, 3.8) is 0 Å². The zero-order valence-corrected chi connectivity index (χ0v) is 11.8. The van der Waals surface area contributed by atoms with Crippen LogP contribution in [0.25, 0.3) is 0 Å². The molecule has 0 unspecified atom stereocenters. The fourth-order valence-corrected chi connectivity index (χ4v) is 2.73. The van der Waals surface area contributed by atoms with Crippen molar-refractivity contribution in [1.29, 1.82) is 0 Å². The Bertz CT molecular complexity index is 496. The van der Waals surface area contributed by atoms with Crippen LogP contribution in [0.15, 0.2) is 29.2 Å². The van der Waals surface area contributed by atoms with Crippen molar-refractivity contribution >= 4 is 23.6 Å². The summed E-state index contributed by atoms with van der Waals surface area (Å²) in [4.78, 5) is 24.2. The monoisotopic (exact) mass is 295 g/mol. The maximum Gasteiger partial charge on any atom is 0.329 e. The highest BCUT2D eigenvalue weighted by molar-refractivity contribution is 7.99. The predicted molar refractivity (Wildman–Crippen MR) is 75.9 cm³/mol. The Morgan fingerprint density at radius 3 is 2.35 bits per heavy atom. The Morgan fingerprint density at radius 1 is 1.25 bits per heavy atom. The Hall–Kier alpha value is -1.53. The smallest absolute Gasteiger partial charge is 0.329 e. The summed E-state index contributed by atoms with van der Waals surface area (Å²) in [6, 6.07) is 6.93. The molecule has 5 nitrogen and oxygen atoms in total. The van der Waals surface area contributed by atoms with Crippen molar-refractivity contribution in [1.82, 2.24) is 5.32 Å². The lowest BCUT2D eigenvalue weighted by Crippen LogP contribution is -2.59. The van der Waals surface area contributed by atoms with Gasteiger partial charge in [-0.2, -0.15) is 0 Å². The molecule has 0 aliphatic heterocycles. The number of carbonyl (C=O) groups is 2. The highest BCUT2D eigenvalue weighted by atomic mass is 32.2. The molecule has 1 saturated carbocycles. The molecule has 1 aliphatic carbocycles. The van der Waals surface area contributed by atoms with Gasteiger partial charge in [0.2, 0.25) is 0 Å². The molecule has 0 bridgehead atoms. The van der Waals surface area contributed by atoms with Crippen LogP contribution in [-0.4, -0.2) is 40.0 Å². The number of rotatable bonds is 6. The summed E-state index contributed by atoms with van der Waals surface area (Å²) in [7, 11) is 0. The molecule has 0 saturated heterocycles. The molecule has 108 valence electrons. The van der Waals surface area contributed by atoms with Crippen LogP contribution in [0.5, 0.6) is 0 Å². The molecule has 3 N–H and O–H groups in total. The van der Waals surface area contributed by atoms with E-state index in [1.165, 1.54) is 11.8 Å². The second-order valence-corrected chi connectivity index (χ2v) is 5.96. The minimum absolute atomic E-state index is 0.105. The third-order valence-electron chi connectivity index (χ3n) is 3.45. The number of carboxylic acid groups (broad SMARTS) is 1. The Balaban J connectivity index is 2.00. The molecule has 20 heavy (non-hydrogen) atoms. The standard InChI is InChI=1S/C14H17NO4S/c16-8-9-20-11-4-2-10(3-5-11)12(17)15-14(13(18)19)6-1-7-14/h2-5,16H,1,6-9H2,(H,15,17)(H,18,19). The van der Waals surface area contributed by atoms with E-state index >= 15 is 0 Å². The number of hydrogen-bond donors (Lipinski definition) is 3. The first-order valence-electron chi connectivity index (χ1n) is 6.47. The van der Waals surface area contributed by atoms with Gasteiger partial charge in [-0.05, 0) is 43.5 Å². The number of hydrogen-bond acceptors (Lipinski definition) is 4. The topological polar surface area (TPSA) is 86.6 Å². The molecular weight excluding hydrogens is 278 g/mol. The molecule has 1 amide bonds. The molecule has 1 aromatic carbocycles. The minimum atomic E-state index is -1.08. The number of thioether (sulfide) groups is 1. The highest BCUT2D eigenvalue weighted by Gasteiger charge is 2.45. The van der Waals surface area contributed by atoms with E-state index in [0.29, 0.717) is 24.2 Å². The van der Waals surface area contributed by atoms with Crippen LogP contribution in [0.3, 0.4) is 0 Å². The largest absolute Gasteiger partial charge is 0.480 e. The molecular formula is C14H17NO4S. The summed E-state index contributed by atoms with van der Waals surface area (Å²) >= 11 is 1.50. The van der Waals surface area contributed by atoms with E-state index in [-0.39, 0.29) is 12.5 Å². The van der Waals surface area contributed by atoms with E-state index in [0.717, 1.165) is 11.3 Å². The number of aliphatic carboxylic acids is 1. The summed E-state index contributed by atoms with van der Waals surface area (Å²) < 4.78 is 0. The summed E-state index contributed by atoms with van der Waals surface area (Å²) in [5.41, 5.74) is -0.632. The second kappa shape index (κ2) is 6.28. The first-order valence-corrected chi connectivity index (χ1v) is 7.45. The molecule has 1 aliphatic rings. The van der Waals surface area contributed by atoms with Crippen LogP contribution in [0.2, 0.25) is 0 Å². The summed E-state index contributed by atoms with van der Waals surface area (Å²) in [6.45, 7) is 0.105. The van der Waals surface area contributed by atoms with Gasteiger partial charge in [0, 0.05) is 16.2 Å². The number of benzene rings is 1. The number of aliphatic hydroxyl groups excluding tert-OH is 1. The number of carboxylic acids is 1. The van der Waals surface area contributed by atoms with Crippen LogP contribution >= 0.6 is 11.8 Å². The molecule has 2 rings (SSSR count). The van der Waals surface area contributed by atoms with Crippen LogP contribution < -0.4 is 5.32 Å². The van der Waals surface area contributed by atoms with Gasteiger partial charge in [0.1, 0.15) is 5.54 Å². The zero-order valence-electron chi connectivity index (χ0n) is 11.0. The van der Waals surface area contributed by atoms with Crippen molar-refractivity contribution in [3.8, 4) is 0 Å². The van der Waals surface area contributed by atoms with E-state index in [1.807, 2.05) is 0 Å². The third kappa shape index (κ3) is 3.13. The Morgan fingerprint density at radius 2 is 1.90 bits per heavy atom. The van der Waals surface area contributed by atoms with Gasteiger partial charge in [0.25, 0.3) is 5.91 Å². The first-order chi connectivity index (χ1) is 9.57. The van der Waals surface area contributed by atoms with Gasteiger partial charge in [-0.15, -0.1) is 11.8 Å². The Labute approximate surface area is 121 Å². The maximum absolute atomic E-state index is 12.1. The van der Waals surface area contributed by atoms with E-state index in [2.05, 4.69) is 5.32 Å². The summed E-state index contributed by atoms with van der Waals surface area (Å²) in [6.07, 6.45) is 1.79. The normalized spacial score (nSPS) is 16.2. The van der Waals surface area contributed by atoms with Gasteiger partial charge >= 0.3 is 5.97 Å². The number of carbonyl (C=O) groups excluding carboxylic acids is 1. The van der Waals surface area contributed by atoms with Gasteiger partial charge < -0.3 is 15.5 Å². The predicted octanol–water partition coefficient (Wildman–Crippen LogP) is 1.51. The van der Waals surface area contributed by atoms with Gasteiger partial charge in [0.05, 0.1) is 6.61 Å². The highest BCUT2D eigenvalue weighted by Crippen LogP contribution is 2.32. The van der Waals surface area contributed by atoms with Crippen LogP contribution in [0, 0.1) is 0 Å². The van der Waals surface area contributed by atoms with Gasteiger partial charge in [-0.25, -0.2) is 4.79 Å². The third-order valence-corrected chi connectivity index (χ3v) is 4.44. The van der Waals surface area contributed by atoms with Crippen LogP contribution in [-0.2, 0) is 4.79 Å². The molecule has 1 fully saturated rings. The minimum Gasteiger partial charge on any atom is -0.480 e. The SMILES string of the molecule is O=C(NC1(C(=O)O)CCC1)c1ccc(SCCO)cc1. The van der Waals surface area contributed by atoms with Crippen molar-refractivity contribution in [2.45, 2.75) is 29.7 Å².